The first kappa shape index (κ1) is 28.1. The number of carbonyl (C=O) groups excluding carboxylic acids is 1. The normalized spacial score (nSPS) is 11.9. The van der Waals surface area contributed by atoms with Crippen LogP contribution in [0.4, 0.5) is 23.2 Å². The molecule has 0 saturated heterocycles. The van der Waals surface area contributed by atoms with E-state index in [0.29, 0.717) is 24.7 Å². The van der Waals surface area contributed by atoms with Gasteiger partial charge in [-0.25, -0.2) is 26.5 Å². The number of hydrogen-bond acceptors (Lipinski definition) is 6. The Kier molecular flexibility index (Phi) is 7.73. The van der Waals surface area contributed by atoms with Crippen molar-refractivity contribution < 1.29 is 30.8 Å². The van der Waals surface area contributed by atoms with Gasteiger partial charge in [-0.05, 0) is 30.7 Å². The first-order chi connectivity index (χ1) is 17.7. The van der Waals surface area contributed by atoms with Gasteiger partial charge in [-0.1, -0.05) is 30.3 Å². The lowest BCUT2D eigenvalue weighted by Gasteiger charge is -2.23. The van der Waals surface area contributed by atoms with Crippen LogP contribution in [-0.2, 0) is 28.0 Å². The van der Waals surface area contributed by atoms with E-state index >= 15 is 0 Å². The van der Waals surface area contributed by atoms with E-state index in [1.165, 1.54) is 13.0 Å². The van der Waals surface area contributed by atoms with Crippen LogP contribution in [0.5, 0.6) is 0 Å². The van der Waals surface area contributed by atoms with Crippen molar-refractivity contribution in [1.82, 2.24) is 9.13 Å². The van der Waals surface area contributed by atoms with Crippen LogP contribution >= 0.6 is 0 Å². The maximum absolute atomic E-state index is 15.0. The summed E-state index contributed by atoms with van der Waals surface area (Å²) in [5.41, 5.74) is -6.57. The quantitative estimate of drug-likeness (QED) is 0.344. The number of amides is 1. The Hall–Kier alpha value is -4.51. The SMILES string of the molecule is CCS(=O)(=O)N(C(=O)/C=C/c1ccccc1)c1cc(-n2c(=O)cc(C(F)(F)F)n(C)c2=O)c(F)cc1C#N. The molecule has 14 heteroatoms. The zero-order valence-corrected chi connectivity index (χ0v) is 20.5. The number of anilines is 1. The molecular formula is C24H18F4N4O5S. The highest BCUT2D eigenvalue weighted by Gasteiger charge is 2.36. The Labute approximate surface area is 213 Å². The molecule has 0 aliphatic rings. The monoisotopic (exact) mass is 550 g/mol. The molecule has 0 bridgehead atoms. The first-order valence-corrected chi connectivity index (χ1v) is 12.3. The predicted molar refractivity (Wildman–Crippen MR) is 129 cm³/mol. The number of halogens is 4. The van der Waals surface area contributed by atoms with Gasteiger partial charge in [0.25, 0.3) is 11.5 Å². The Balaban J connectivity index is 2.31. The van der Waals surface area contributed by atoms with Crippen molar-refractivity contribution in [3.05, 3.63) is 98.1 Å². The van der Waals surface area contributed by atoms with Gasteiger partial charge in [0.2, 0.25) is 10.0 Å². The van der Waals surface area contributed by atoms with Crippen LogP contribution in [0.3, 0.4) is 0 Å². The molecular weight excluding hydrogens is 532 g/mol. The lowest BCUT2D eigenvalue weighted by molar-refractivity contribution is -0.144. The lowest BCUT2D eigenvalue weighted by atomic mass is 10.1. The van der Waals surface area contributed by atoms with Gasteiger partial charge in [0, 0.05) is 19.2 Å². The fourth-order valence-electron chi connectivity index (χ4n) is 3.43. The third kappa shape index (κ3) is 5.42. The van der Waals surface area contributed by atoms with Crippen molar-refractivity contribution in [2.45, 2.75) is 13.1 Å². The second-order valence-electron chi connectivity index (χ2n) is 7.72. The van der Waals surface area contributed by atoms with Crippen LogP contribution in [0.2, 0.25) is 0 Å². The second-order valence-corrected chi connectivity index (χ2v) is 9.83. The standard InChI is InChI=1S/C24H18F4N4O5S/c1-3-38(36,37)32(21(33)10-9-15-7-5-4-6-8-15)18-12-19(17(25)11-16(18)14-29)31-22(34)13-20(24(26,27)28)30(2)23(31)35/h4-13H,3H2,1-2H3/b10-9+. The van der Waals surface area contributed by atoms with Crippen molar-refractivity contribution >= 4 is 27.7 Å². The number of nitrogens with zero attached hydrogens (tertiary/aromatic N) is 4. The van der Waals surface area contributed by atoms with Crippen molar-refractivity contribution in [1.29, 1.82) is 5.26 Å². The summed E-state index contributed by atoms with van der Waals surface area (Å²) in [6, 6.07) is 10.9. The summed E-state index contributed by atoms with van der Waals surface area (Å²) in [4.78, 5) is 38.2. The number of hydrogen-bond donors (Lipinski definition) is 0. The summed E-state index contributed by atoms with van der Waals surface area (Å²) >= 11 is 0. The number of sulfonamides is 1. The summed E-state index contributed by atoms with van der Waals surface area (Å²) < 4.78 is 80.7. The van der Waals surface area contributed by atoms with Crippen LogP contribution in [0.15, 0.2) is 64.2 Å². The van der Waals surface area contributed by atoms with Crippen molar-refractivity contribution in [2.75, 3.05) is 10.1 Å². The molecule has 0 saturated carbocycles. The Bertz CT molecular complexity index is 1700. The summed E-state index contributed by atoms with van der Waals surface area (Å²) in [5.74, 6) is -3.21. The number of alkyl halides is 3. The molecule has 0 radical (unpaired) electrons. The van der Waals surface area contributed by atoms with Gasteiger partial charge in [0.05, 0.1) is 22.7 Å². The molecule has 1 aromatic heterocycles. The molecule has 3 aromatic rings. The Morgan fingerprint density at radius 1 is 1.13 bits per heavy atom. The predicted octanol–water partition coefficient (Wildman–Crippen LogP) is 2.96. The molecule has 198 valence electrons. The topological polar surface area (TPSA) is 122 Å². The van der Waals surface area contributed by atoms with E-state index < -0.39 is 67.6 Å². The largest absolute Gasteiger partial charge is 0.431 e. The van der Waals surface area contributed by atoms with E-state index in [1.807, 2.05) is 0 Å². The number of benzene rings is 2. The fraction of sp³-hybridized carbons (Fsp3) is 0.167. The highest BCUT2D eigenvalue weighted by Crippen LogP contribution is 2.30. The van der Waals surface area contributed by atoms with Gasteiger partial charge in [0.15, 0.2) is 0 Å². The van der Waals surface area contributed by atoms with Crippen LogP contribution in [0.1, 0.15) is 23.7 Å². The van der Waals surface area contributed by atoms with Gasteiger partial charge in [0.1, 0.15) is 17.6 Å². The van der Waals surface area contributed by atoms with E-state index in [4.69, 9.17) is 0 Å². The molecule has 0 fully saturated rings. The number of rotatable bonds is 6. The van der Waals surface area contributed by atoms with E-state index in [2.05, 4.69) is 0 Å². The summed E-state index contributed by atoms with van der Waals surface area (Å²) in [6.07, 6.45) is -2.91. The highest BCUT2D eigenvalue weighted by atomic mass is 32.2. The summed E-state index contributed by atoms with van der Waals surface area (Å²) in [7, 11) is -3.77. The summed E-state index contributed by atoms with van der Waals surface area (Å²) in [5, 5.41) is 9.53. The molecule has 0 spiro atoms. The lowest BCUT2D eigenvalue weighted by Crippen LogP contribution is -2.41. The molecule has 0 aliphatic heterocycles. The Morgan fingerprint density at radius 2 is 1.76 bits per heavy atom. The van der Waals surface area contributed by atoms with Crippen LogP contribution < -0.4 is 15.6 Å². The van der Waals surface area contributed by atoms with E-state index in [1.54, 1.807) is 36.4 Å². The van der Waals surface area contributed by atoms with E-state index in [-0.39, 0.29) is 19.5 Å². The number of aromatic nitrogens is 2. The third-order valence-electron chi connectivity index (χ3n) is 5.32. The van der Waals surface area contributed by atoms with Crippen molar-refractivity contribution in [3.8, 4) is 11.8 Å². The molecule has 0 N–H and O–H groups in total. The minimum atomic E-state index is -5.08. The minimum absolute atomic E-state index is 0.0380. The third-order valence-corrected chi connectivity index (χ3v) is 6.98. The van der Waals surface area contributed by atoms with Gasteiger partial charge < -0.3 is 0 Å². The van der Waals surface area contributed by atoms with Gasteiger partial charge in [-0.3, -0.25) is 14.2 Å². The van der Waals surface area contributed by atoms with E-state index in [0.717, 1.165) is 6.08 Å². The molecule has 0 atom stereocenters. The number of nitriles is 1. The molecule has 0 aliphatic carbocycles. The molecule has 38 heavy (non-hydrogen) atoms. The van der Waals surface area contributed by atoms with Gasteiger partial charge in [-0.15, -0.1) is 0 Å². The number of carbonyl (C=O) groups is 1. The Morgan fingerprint density at radius 3 is 2.32 bits per heavy atom. The van der Waals surface area contributed by atoms with Crippen molar-refractivity contribution in [2.24, 2.45) is 7.05 Å². The smallest absolute Gasteiger partial charge is 0.292 e. The van der Waals surface area contributed by atoms with Gasteiger partial charge >= 0.3 is 11.9 Å². The fourth-order valence-corrected chi connectivity index (χ4v) is 4.48. The molecule has 3 rings (SSSR count). The molecule has 9 nitrogen and oxygen atoms in total. The molecule has 2 aromatic carbocycles. The average Bonchev–Trinajstić information content (AvgIpc) is 2.86. The highest BCUT2D eigenvalue weighted by molar-refractivity contribution is 7.93. The maximum atomic E-state index is 15.0. The van der Waals surface area contributed by atoms with Crippen molar-refractivity contribution in [3.63, 3.8) is 0 Å². The second kappa shape index (κ2) is 10.5. The average molecular weight is 550 g/mol. The zero-order valence-electron chi connectivity index (χ0n) is 19.7. The molecule has 1 heterocycles. The van der Waals surface area contributed by atoms with E-state index in [9.17, 15) is 45.6 Å². The van der Waals surface area contributed by atoms with Gasteiger partial charge in [-0.2, -0.15) is 18.4 Å². The van der Waals surface area contributed by atoms with Crippen LogP contribution in [-0.4, -0.2) is 29.2 Å². The first-order valence-electron chi connectivity index (χ1n) is 10.7. The zero-order chi connectivity index (χ0) is 28.4. The van der Waals surface area contributed by atoms with Crippen LogP contribution in [0, 0.1) is 17.1 Å². The molecule has 1 amide bonds. The maximum Gasteiger partial charge on any atom is 0.431 e. The van der Waals surface area contributed by atoms with Crippen LogP contribution in [0.25, 0.3) is 11.8 Å². The summed E-state index contributed by atoms with van der Waals surface area (Å²) in [6.45, 7) is 1.20. The minimum Gasteiger partial charge on any atom is -0.292 e. The molecule has 0 unspecified atom stereocenters.